The van der Waals surface area contributed by atoms with E-state index in [0.29, 0.717) is 24.2 Å². The van der Waals surface area contributed by atoms with Gasteiger partial charge in [-0.2, -0.15) is 0 Å². The van der Waals surface area contributed by atoms with Crippen molar-refractivity contribution < 1.29 is 4.74 Å². The number of nitrogens with zero attached hydrogens (tertiary/aromatic N) is 2. The lowest BCUT2D eigenvalue weighted by atomic mass is 10.2. The summed E-state index contributed by atoms with van der Waals surface area (Å²) in [5.41, 5.74) is 1.27. The van der Waals surface area contributed by atoms with Crippen molar-refractivity contribution in [1.29, 1.82) is 0 Å². The van der Waals surface area contributed by atoms with Crippen LogP contribution >= 0.6 is 0 Å². The number of para-hydroxylation sites is 1. The van der Waals surface area contributed by atoms with Crippen LogP contribution in [0.1, 0.15) is 55.4 Å². The van der Waals surface area contributed by atoms with Crippen LogP contribution in [0.3, 0.4) is 0 Å². The molecule has 0 aliphatic heterocycles. The first-order valence-corrected chi connectivity index (χ1v) is 9.17. The zero-order chi connectivity index (χ0) is 18.0. The molecule has 2 aromatic rings. The maximum atomic E-state index is 6.27. The molecule has 3 heteroatoms. The maximum absolute atomic E-state index is 6.27. The van der Waals surface area contributed by atoms with E-state index in [1.54, 1.807) is 0 Å². The zero-order valence-electron chi connectivity index (χ0n) is 16.5. The summed E-state index contributed by atoms with van der Waals surface area (Å²) >= 11 is 0. The molecule has 0 spiro atoms. The number of rotatable bonds is 7. The second-order valence-corrected chi connectivity index (χ2v) is 7.63. The highest BCUT2D eigenvalue weighted by atomic mass is 16.5. The largest absolute Gasteiger partial charge is 0.448 e. The van der Waals surface area contributed by atoms with Gasteiger partial charge in [-0.25, -0.2) is 4.58 Å². The van der Waals surface area contributed by atoms with E-state index in [1.807, 2.05) is 30.3 Å². The van der Waals surface area contributed by atoms with Gasteiger partial charge in [-0.1, -0.05) is 18.2 Å². The van der Waals surface area contributed by atoms with Gasteiger partial charge in [0, 0.05) is 12.1 Å². The van der Waals surface area contributed by atoms with Crippen LogP contribution in [0, 0.1) is 0 Å². The SMILES string of the molecule is CC(C)N(c1c(Oc2ccccc2)c1=[N+](C(C)C)C(C)C)C(C)C. The number of ether oxygens (including phenoxy) is 1. The lowest BCUT2D eigenvalue weighted by Crippen LogP contribution is -2.41. The summed E-state index contributed by atoms with van der Waals surface area (Å²) in [4.78, 5) is 2.46. The Morgan fingerprint density at radius 1 is 0.792 bits per heavy atom. The van der Waals surface area contributed by atoms with Crippen molar-refractivity contribution in [3.63, 3.8) is 0 Å². The molecule has 0 saturated heterocycles. The molecule has 2 aromatic carbocycles. The van der Waals surface area contributed by atoms with Gasteiger partial charge in [0.2, 0.25) is 5.75 Å². The molecule has 0 fully saturated rings. The van der Waals surface area contributed by atoms with E-state index in [9.17, 15) is 0 Å². The van der Waals surface area contributed by atoms with E-state index < -0.39 is 0 Å². The minimum absolute atomic E-state index is 0.438. The van der Waals surface area contributed by atoms with E-state index in [1.165, 1.54) is 11.0 Å². The van der Waals surface area contributed by atoms with Crippen LogP contribution in [0.5, 0.6) is 11.5 Å². The molecule has 0 atom stereocenters. The molecule has 0 amide bonds. The molecule has 0 radical (unpaired) electrons. The Morgan fingerprint density at radius 2 is 1.29 bits per heavy atom. The molecule has 0 saturated carbocycles. The van der Waals surface area contributed by atoms with Gasteiger partial charge < -0.3 is 9.64 Å². The fourth-order valence-electron chi connectivity index (χ4n) is 3.56. The molecule has 0 aliphatic rings. The van der Waals surface area contributed by atoms with Gasteiger partial charge in [0.05, 0.1) is 0 Å². The van der Waals surface area contributed by atoms with E-state index >= 15 is 0 Å². The summed E-state index contributed by atoms with van der Waals surface area (Å²) < 4.78 is 8.74. The summed E-state index contributed by atoms with van der Waals surface area (Å²) in [6.45, 7) is 18.0. The van der Waals surface area contributed by atoms with Crippen molar-refractivity contribution in [3.8, 4) is 11.5 Å². The number of hydrogen-bond acceptors (Lipinski definition) is 2. The van der Waals surface area contributed by atoms with Crippen LogP contribution in [-0.4, -0.2) is 24.2 Å². The van der Waals surface area contributed by atoms with Crippen LogP contribution in [-0.2, 0) is 0 Å². The number of anilines is 1. The van der Waals surface area contributed by atoms with E-state index in [0.717, 1.165) is 11.5 Å². The topological polar surface area (TPSA) is 15.5 Å². The van der Waals surface area contributed by atoms with Crippen molar-refractivity contribution in [2.24, 2.45) is 0 Å². The Labute approximate surface area is 147 Å². The molecule has 2 rings (SSSR count). The van der Waals surface area contributed by atoms with Gasteiger partial charge in [-0.05, 0) is 67.5 Å². The Bertz CT molecular complexity index is 656. The maximum Gasteiger partial charge on any atom is 0.273 e. The molecular formula is C21H33N2O+. The second-order valence-electron chi connectivity index (χ2n) is 7.63. The second kappa shape index (κ2) is 7.42. The smallest absolute Gasteiger partial charge is 0.273 e. The highest BCUT2D eigenvalue weighted by molar-refractivity contribution is 5.73. The van der Waals surface area contributed by atoms with E-state index in [4.69, 9.17) is 4.74 Å². The molecule has 0 aromatic heterocycles. The molecular weight excluding hydrogens is 296 g/mol. The third-order valence-corrected chi connectivity index (χ3v) is 4.30. The lowest BCUT2D eigenvalue weighted by Gasteiger charge is -2.28. The predicted molar refractivity (Wildman–Crippen MR) is 104 cm³/mol. The third-order valence-electron chi connectivity index (χ3n) is 4.30. The van der Waals surface area contributed by atoms with E-state index in [-0.39, 0.29) is 0 Å². The van der Waals surface area contributed by atoms with Crippen molar-refractivity contribution in [3.05, 3.63) is 35.7 Å². The van der Waals surface area contributed by atoms with Crippen LogP contribution in [0.4, 0.5) is 5.69 Å². The molecule has 0 unspecified atom stereocenters. The summed E-state index contributed by atoms with van der Waals surface area (Å²) in [6, 6.07) is 11.8. The van der Waals surface area contributed by atoms with Crippen molar-refractivity contribution >= 4 is 5.69 Å². The zero-order valence-corrected chi connectivity index (χ0v) is 16.5. The Morgan fingerprint density at radius 3 is 1.71 bits per heavy atom. The molecule has 24 heavy (non-hydrogen) atoms. The van der Waals surface area contributed by atoms with Gasteiger partial charge >= 0.3 is 0 Å². The Balaban J connectivity index is 2.55. The molecule has 0 heterocycles. The first kappa shape index (κ1) is 18.6. The quantitative estimate of drug-likeness (QED) is 0.692. The Kier molecular flexibility index (Phi) is 5.74. The van der Waals surface area contributed by atoms with Gasteiger partial charge in [0.15, 0.2) is 5.69 Å². The van der Waals surface area contributed by atoms with Gasteiger partial charge in [0.25, 0.3) is 5.36 Å². The average Bonchev–Trinajstić information content (AvgIpc) is 3.11. The highest BCUT2D eigenvalue weighted by Crippen LogP contribution is 2.37. The molecule has 132 valence electrons. The lowest BCUT2D eigenvalue weighted by molar-refractivity contribution is 0.418. The third kappa shape index (κ3) is 3.82. The monoisotopic (exact) mass is 329 g/mol. The fraction of sp³-hybridized carbons (Fsp3) is 0.571. The number of hydrogen-bond donors (Lipinski definition) is 0. The molecule has 3 nitrogen and oxygen atoms in total. The average molecular weight is 330 g/mol. The predicted octanol–water partition coefficient (Wildman–Crippen LogP) is 4.57. The van der Waals surface area contributed by atoms with Crippen LogP contribution in [0.25, 0.3) is 0 Å². The van der Waals surface area contributed by atoms with Crippen molar-refractivity contribution in [1.82, 2.24) is 4.58 Å². The van der Waals surface area contributed by atoms with Crippen molar-refractivity contribution in [2.75, 3.05) is 4.90 Å². The molecule has 0 aliphatic carbocycles. The summed E-state index contributed by atoms with van der Waals surface area (Å²) in [5.74, 6) is 1.94. The first-order valence-electron chi connectivity index (χ1n) is 9.17. The van der Waals surface area contributed by atoms with Crippen LogP contribution < -0.4 is 19.6 Å². The fourth-order valence-corrected chi connectivity index (χ4v) is 3.56. The molecule has 0 N–H and O–H groups in total. The summed E-state index contributed by atoms with van der Waals surface area (Å²) in [5, 5.41) is 1.27. The minimum atomic E-state index is 0.438. The standard InChI is InChI=1S/C21H33N2O/c1-14(2)22(15(3)4)19-20(23(16(5)6)17(7)8)21(19)24-18-12-10-9-11-13-18/h9-17H,1-8H3/q+1. The molecule has 0 bridgehead atoms. The van der Waals surface area contributed by atoms with Crippen molar-refractivity contribution in [2.45, 2.75) is 79.6 Å². The van der Waals surface area contributed by atoms with Crippen LogP contribution in [0.2, 0.25) is 0 Å². The summed E-state index contributed by atoms with van der Waals surface area (Å²) in [6.07, 6.45) is 0. The Hall–Kier alpha value is -1.77. The van der Waals surface area contributed by atoms with Crippen LogP contribution in [0.15, 0.2) is 30.3 Å². The first-order chi connectivity index (χ1) is 11.3. The van der Waals surface area contributed by atoms with Gasteiger partial charge in [-0.15, -0.1) is 0 Å². The highest BCUT2D eigenvalue weighted by Gasteiger charge is 2.39. The summed E-state index contributed by atoms with van der Waals surface area (Å²) in [7, 11) is 0. The normalized spacial score (nSPS) is 12.0. The minimum Gasteiger partial charge on any atom is -0.448 e. The van der Waals surface area contributed by atoms with Gasteiger partial charge in [0.1, 0.15) is 17.8 Å². The number of benzene rings is 1. The van der Waals surface area contributed by atoms with Gasteiger partial charge in [-0.3, -0.25) is 0 Å². The van der Waals surface area contributed by atoms with E-state index in [2.05, 4.69) is 64.9 Å².